The van der Waals surface area contributed by atoms with Crippen molar-refractivity contribution in [3.63, 3.8) is 0 Å². The zero-order valence-corrected chi connectivity index (χ0v) is 13.3. The summed E-state index contributed by atoms with van der Waals surface area (Å²) in [6, 6.07) is 13.1. The van der Waals surface area contributed by atoms with Gasteiger partial charge in [-0.25, -0.2) is 0 Å². The molecular formula is C15H10INO2S. The topological polar surface area (TPSA) is 46.2 Å². The van der Waals surface area contributed by atoms with Crippen LogP contribution in [0.15, 0.2) is 47.3 Å². The molecule has 1 N–H and O–H groups in total. The Bertz CT molecular complexity index is 873. The van der Waals surface area contributed by atoms with Gasteiger partial charge in [-0.2, -0.15) is 0 Å². The average molecular weight is 395 g/mol. The minimum absolute atomic E-state index is 0.0290. The van der Waals surface area contributed by atoms with Gasteiger partial charge in [0.2, 0.25) is 5.91 Å². The van der Waals surface area contributed by atoms with Gasteiger partial charge < -0.3 is 5.32 Å². The first kappa shape index (κ1) is 13.5. The van der Waals surface area contributed by atoms with E-state index < -0.39 is 0 Å². The molecule has 0 fully saturated rings. The predicted octanol–water partition coefficient (Wildman–Crippen LogP) is 3.79. The summed E-state index contributed by atoms with van der Waals surface area (Å²) >= 11 is 3.56. The van der Waals surface area contributed by atoms with Gasteiger partial charge in [-0.3, -0.25) is 9.59 Å². The van der Waals surface area contributed by atoms with Gasteiger partial charge in [0.15, 0.2) is 5.43 Å². The summed E-state index contributed by atoms with van der Waals surface area (Å²) in [6.45, 7) is 0. The number of alkyl halides is 1. The lowest BCUT2D eigenvalue weighted by atomic mass is 10.1. The number of halogens is 1. The second kappa shape index (κ2) is 5.49. The number of hydrogen-bond acceptors (Lipinski definition) is 3. The molecule has 0 radical (unpaired) electrons. The molecule has 100 valence electrons. The van der Waals surface area contributed by atoms with Gasteiger partial charge in [0.25, 0.3) is 0 Å². The molecule has 0 aliphatic rings. The number of nitrogens with one attached hydrogen (secondary N) is 1. The summed E-state index contributed by atoms with van der Waals surface area (Å²) in [6.07, 6.45) is 0. The van der Waals surface area contributed by atoms with Crippen molar-refractivity contribution in [2.45, 2.75) is 0 Å². The van der Waals surface area contributed by atoms with E-state index in [1.54, 1.807) is 17.4 Å². The van der Waals surface area contributed by atoms with Crippen LogP contribution in [-0.2, 0) is 4.79 Å². The Kier molecular flexibility index (Phi) is 3.71. The highest BCUT2D eigenvalue weighted by Gasteiger charge is 2.11. The second-order valence-electron chi connectivity index (χ2n) is 4.29. The van der Waals surface area contributed by atoms with Crippen LogP contribution in [0.1, 0.15) is 0 Å². The third-order valence-electron chi connectivity index (χ3n) is 3.00. The fourth-order valence-corrected chi connectivity index (χ4v) is 3.43. The van der Waals surface area contributed by atoms with Crippen LogP contribution in [0, 0.1) is 0 Å². The monoisotopic (exact) mass is 395 g/mol. The number of anilines is 1. The molecule has 0 spiro atoms. The molecule has 0 atom stereocenters. The predicted molar refractivity (Wildman–Crippen MR) is 93.1 cm³/mol. The van der Waals surface area contributed by atoms with Crippen LogP contribution in [0.2, 0.25) is 0 Å². The van der Waals surface area contributed by atoms with Crippen LogP contribution in [0.4, 0.5) is 5.69 Å². The molecule has 5 heteroatoms. The molecular weight excluding hydrogens is 385 g/mol. The van der Waals surface area contributed by atoms with Crippen LogP contribution < -0.4 is 10.7 Å². The maximum absolute atomic E-state index is 12.6. The maximum Gasteiger partial charge on any atom is 0.234 e. The summed E-state index contributed by atoms with van der Waals surface area (Å²) < 4.78 is 2.21. The number of fused-ring (bicyclic) bond motifs is 2. The van der Waals surface area contributed by atoms with Crippen LogP contribution >= 0.6 is 33.9 Å². The largest absolute Gasteiger partial charge is 0.325 e. The van der Waals surface area contributed by atoms with E-state index in [4.69, 9.17) is 0 Å². The van der Waals surface area contributed by atoms with Gasteiger partial charge in [-0.1, -0.05) is 40.8 Å². The number of amides is 1. The van der Waals surface area contributed by atoms with E-state index in [-0.39, 0.29) is 11.3 Å². The van der Waals surface area contributed by atoms with Crippen molar-refractivity contribution in [2.24, 2.45) is 0 Å². The Labute approximate surface area is 132 Å². The van der Waals surface area contributed by atoms with Gasteiger partial charge in [-0.05, 0) is 24.3 Å². The molecule has 1 heterocycles. The van der Waals surface area contributed by atoms with Crippen LogP contribution in [0.3, 0.4) is 0 Å². The molecule has 2 aromatic carbocycles. The number of hydrogen-bond donors (Lipinski definition) is 1. The van der Waals surface area contributed by atoms with Crippen molar-refractivity contribution in [2.75, 3.05) is 9.74 Å². The summed E-state index contributed by atoms with van der Waals surface area (Å²) in [5, 5.41) is 4.09. The van der Waals surface area contributed by atoms with Crippen molar-refractivity contribution >= 4 is 65.7 Å². The zero-order valence-electron chi connectivity index (χ0n) is 10.4. The molecule has 3 nitrogen and oxygen atoms in total. The Balaban J connectivity index is 2.35. The van der Waals surface area contributed by atoms with E-state index in [2.05, 4.69) is 5.32 Å². The molecule has 3 rings (SSSR count). The third kappa shape index (κ3) is 2.31. The van der Waals surface area contributed by atoms with Crippen molar-refractivity contribution in [1.29, 1.82) is 0 Å². The summed E-state index contributed by atoms with van der Waals surface area (Å²) in [5.41, 5.74) is 0.565. The normalized spacial score (nSPS) is 10.8. The molecule has 20 heavy (non-hydrogen) atoms. The molecule has 1 amide bonds. The standard InChI is InChI=1S/C15H10INO2S/c16-8-13(18)17-10-5-3-7-12-14(10)15(19)9-4-1-2-6-11(9)20-12/h1-7H,8H2,(H,17,18). The lowest BCUT2D eigenvalue weighted by Gasteiger charge is -2.07. The second-order valence-corrected chi connectivity index (χ2v) is 6.13. The minimum atomic E-state index is -0.101. The molecule has 3 aromatic rings. The maximum atomic E-state index is 12.6. The molecule has 0 aliphatic carbocycles. The molecule has 0 saturated carbocycles. The van der Waals surface area contributed by atoms with Crippen LogP contribution in [0.5, 0.6) is 0 Å². The third-order valence-corrected chi connectivity index (χ3v) is 4.83. The highest BCUT2D eigenvalue weighted by atomic mass is 127. The van der Waals surface area contributed by atoms with Gasteiger partial charge >= 0.3 is 0 Å². The molecule has 1 aromatic heterocycles. The van der Waals surface area contributed by atoms with E-state index >= 15 is 0 Å². The Morgan fingerprint density at radius 3 is 2.65 bits per heavy atom. The fraction of sp³-hybridized carbons (Fsp3) is 0.0667. The SMILES string of the molecule is O=C(CI)Nc1cccc2sc3ccccc3c(=O)c12. The highest BCUT2D eigenvalue weighted by Crippen LogP contribution is 2.28. The first-order chi connectivity index (χ1) is 9.70. The molecule has 0 aliphatic heterocycles. The minimum Gasteiger partial charge on any atom is -0.325 e. The Hall–Kier alpha value is -1.47. The van der Waals surface area contributed by atoms with Gasteiger partial charge in [0.1, 0.15) is 0 Å². The summed E-state index contributed by atoms with van der Waals surface area (Å²) in [4.78, 5) is 24.2. The first-order valence-corrected chi connectivity index (χ1v) is 8.35. The fourth-order valence-electron chi connectivity index (χ4n) is 2.13. The van der Waals surface area contributed by atoms with Crippen LogP contribution in [-0.4, -0.2) is 10.3 Å². The number of carbonyl (C=O) groups excluding carboxylic acids is 1. The van der Waals surface area contributed by atoms with Gasteiger partial charge in [0, 0.05) is 14.8 Å². The van der Waals surface area contributed by atoms with Crippen molar-refractivity contribution in [3.8, 4) is 0 Å². The van der Waals surface area contributed by atoms with Crippen molar-refractivity contribution in [3.05, 3.63) is 52.7 Å². The van der Waals surface area contributed by atoms with Gasteiger partial charge in [0.05, 0.1) is 15.5 Å². The van der Waals surface area contributed by atoms with Gasteiger partial charge in [-0.15, -0.1) is 11.3 Å². The molecule has 0 bridgehead atoms. The van der Waals surface area contributed by atoms with E-state index in [9.17, 15) is 9.59 Å². The smallest absolute Gasteiger partial charge is 0.234 e. The highest BCUT2D eigenvalue weighted by molar-refractivity contribution is 14.1. The lowest BCUT2D eigenvalue weighted by molar-refractivity contribution is -0.113. The molecule has 0 unspecified atom stereocenters. The lowest BCUT2D eigenvalue weighted by Crippen LogP contribution is -2.14. The van der Waals surface area contributed by atoms with E-state index in [1.165, 1.54) is 0 Å². The number of benzene rings is 2. The summed E-state index contributed by atoms with van der Waals surface area (Å²) in [7, 11) is 0. The zero-order chi connectivity index (χ0) is 14.1. The van der Waals surface area contributed by atoms with Crippen LogP contribution in [0.25, 0.3) is 20.2 Å². The number of rotatable bonds is 2. The number of carbonyl (C=O) groups is 1. The Morgan fingerprint density at radius 1 is 1.10 bits per heavy atom. The Morgan fingerprint density at radius 2 is 1.85 bits per heavy atom. The van der Waals surface area contributed by atoms with E-state index in [1.807, 2.05) is 59.0 Å². The van der Waals surface area contributed by atoms with E-state index in [0.29, 0.717) is 20.9 Å². The van der Waals surface area contributed by atoms with Crippen molar-refractivity contribution < 1.29 is 4.79 Å². The molecule has 0 saturated heterocycles. The first-order valence-electron chi connectivity index (χ1n) is 6.01. The summed E-state index contributed by atoms with van der Waals surface area (Å²) in [5.74, 6) is -0.101. The average Bonchev–Trinajstić information content (AvgIpc) is 2.47. The van der Waals surface area contributed by atoms with E-state index in [0.717, 1.165) is 9.40 Å². The quantitative estimate of drug-likeness (QED) is 0.408. The van der Waals surface area contributed by atoms with Crippen molar-refractivity contribution in [1.82, 2.24) is 0 Å².